The normalized spacial score (nSPS) is 16.6. The summed E-state index contributed by atoms with van der Waals surface area (Å²) in [6.07, 6.45) is 0. The highest BCUT2D eigenvalue weighted by atomic mass is 16.5. The largest absolute Gasteiger partial charge is 0.503 e. The van der Waals surface area contributed by atoms with Crippen LogP contribution in [0.3, 0.4) is 0 Å². The quantitative estimate of drug-likeness (QED) is 0.569. The first-order chi connectivity index (χ1) is 14.4. The first kappa shape index (κ1) is 22.3. The number of hydrogen-bond donors (Lipinski definition) is 1. The van der Waals surface area contributed by atoms with Gasteiger partial charge in [0.25, 0.3) is 5.91 Å². The van der Waals surface area contributed by atoms with Crippen molar-refractivity contribution in [2.45, 2.75) is 47.6 Å². The molecule has 1 N–H and O–H groups in total. The van der Waals surface area contributed by atoms with Gasteiger partial charge in [0, 0.05) is 18.0 Å². The maximum atomic E-state index is 13.3. The van der Waals surface area contributed by atoms with Crippen LogP contribution in [-0.2, 0) is 14.4 Å². The van der Waals surface area contributed by atoms with E-state index in [1.165, 1.54) is 11.8 Å². The van der Waals surface area contributed by atoms with Crippen molar-refractivity contribution in [3.05, 3.63) is 70.5 Å². The van der Waals surface area contributed by atoms with Crippen LogP contribution >= 0.6 is 0 Å². The summed E-state index contributed by atoms with van der Waals surface area (Å²) >= 11 is 0. The molecule has 1 heterocycles. The molecule has 6 nitrogen and oxygen atoms in total. The van der Waals surface area contributed by atoms with Gasteiger partial charge in [0.15, 0.2) is 11.5 Å². The van der Waals surface area contributed by atoms with Crippen LogP contribution in [0.4, 0.5) is 5.69 Å². The molecular formula is C25H27NO5. The third kappa shape index (κ3) is 4.38. The zero-order valence-electron chi connectivity index (χ0n) is 18.6. The van der Waals surface area contributed by atoms with Crippen molar-refractivity contribution < 1.29 is 24.2 Å². The van der Waals surface area contributed by atoms with Crippen LogP contribution in [0.2, 0.25) is 0 Å². The van der Waals surface area contributed by atoms with Crippen LogP contribution in [0.15, 0.2) is 53.8 Å². The third-order valence-electron chi connectivity index (χ3n) is 5.05. The average molecular weight is 421 g/mol. The minimum atomic E-state index is -0.851. The topological polar surface area (TPSA) is 83.9 Å². The highest BCUT2D eigenvalue weighted by Crippen LogP contribution is 2.44. The molecule has 1 aliphatic rings. The number of anilines is 1. The second-order valence-electron chi connectivity index (χ2n) is 8.93. The Bertz CT molecular complexity index is 1090. The van der Waals surface area contributed by atoms with Gasteiger partial charge in [-0.05, 0) is 54.8 Å². The van der Waals surface area contributed by atoms with Gasteiger partial charge in [-0.25, -0.2) is 0 Å². The van der Waals surface area contributed by atoms with E-state index >= 15 is 0 Å². The molecule has 6 heteroatoms. The Kier molecular flexibility index (Phi) is 5.77. The van der Waals surface area contributed by atoms with Gasteiger partial charge < -0.3 is 9.84 Å². The van der Waals surface area contributed by atoms with Crippen LogP contribution in [0, 0.1) is 19.3 Å². The molecule has 162 valence electrons. The van der Waals surface area contributed by atoms with Crippen molar-refractivity contribution in [2.75, 3.05) is 4.90 Å². The van der Waals surface area contributed by atoms with E-state index in [0.29, 0.717) is 17.0 Å². The monoisotopic (exact) mass is 421 g/mol. The number of benzene rings is 2. The molecule has 2 aromatic carbocycles. The number of carbonyl (C=O) groups is 3. The summed E-state index contributed by atoms with van der Waals surface area (Å²) in [5, 5.41) is 10.8. The summed E-state index contributed by atoms with van der Waals surface area (Å²) in [4.78, 5) is 39.4. The number of ketones is 1. The van der Waals surface area contributed by atoms with Gasteiger partial charge in [-0.3, -0.25) is 19.3 Å². The number of aliphatic hydroxyl groups excluding tert-OH is 1. The van der Waals surface area contributed by atoms with Crippen LogP contribution in [0.1, 0.15) is 50.4 Å². The van der Waals surface area contributed by atoms with Crippen LogP contribution in [-0.4, -0.2) is 22.8 Å². The molecule has 0 aliphatic carbocycles. The van der Waals surface area contributed by atoms with E-state index in [1.807, 2.05) is 32.0 Å². The predicted molar refractivity (Wildman–Crippen MR) is 118 cm³/mol. The Hall–Kier alpha value is -3.41. The molecule has 1 aliphatic heterocycles. The standard InChI is InChI=1S/C25H27NO5/c1-14-10-15(2)12-18(11-14)26-21(17-8-7-9-19(13-17)31-16(3)27)20(22(28)24(26)30)23(29)25(4,5)6/h7-13,21,28H,1-6H3. The van der Waals surface area contributed by atoms with Gasteiger partial charge in [-0.1, -0.05) is 39.0 Å². The van der Waals surface area contributed by atoms with Crippen molar-refractivity contribution in [1.29, 1.82) is 0 Å². The summed E-state index contributed by atoms with van der Waals surface area (Å²) in [5.74, 6) is -1.70. The highest BCUT2D eigenvalue weighted by molar-refractivity contribution is 6.17. The molecule has 2 aromatic rings. The number of ether oxygens (including phenoxy) is 1. The minimum Gasteiger partial charge on any atom is -0.503 e. The van der Waals surface area contributed by atoms with Gasteiger partial charge in [0.1, 0.15) is 5.75 Å². The highest BCUT2D eigenvalue weighted by Gasteiger charge is 2.46. The fourth-order valence-electron chi connectivity index (χ4n) is 3.83. The van der Waals surface area contributed by atoms with Crippen LogP contribution in [0.25, 0.3) is 0 Å². The van der Waals surface area contributed by atoms with Crippen molar-refractivity contribution in [1.82, 2.24) is 0 Å². The number of Topliss-reactive ketones (excluding diaryl/α,β-unsaturated/α-hetero) is 1. The number of nitrogens with zero attached hydrogens (tertiary/aromatic N) is 1. The fourth-order valence-corrected chi connectivity index (χ4v) is 3.83. The van der Waals surface area contributed by atoms with E-state index in [4.69, 9.17) is 4.74 Å². The Morgan fingerprint density at radius 3 is 2.19 bits per heavy atom. The fraction of sp³-hybridized carbons (Fsp3) is 0.320. The van der Waals surface area contributed by atoms with Crippen molar-refractivity contribution in [2.24, 2.45) is 5.41 Å². The number of amides is 1. The molecule has 1 unspecified atom stereocenters. The Labute approximate surface area is 182 Å². The van der Waals surface area contributed by atoms with Crippen molar-refractivity contribution >= 4 is 23.3 Å². The smallest absolute Gasteiger partial charge is 0.308 e. The van der Waals surface area contributed by atoms with E-state index in [1.54, 1.807) is 45.0 Å². The van der Waals surface area contributed by atoms with Gasteiger partial charge in [0.05, 0.1) is 11.6 Å². The zero-order chi connectivity index (χ0) is 23.1. The maximum Gasteiger partial charge on any atom is 0.308 e. The maximum absolute atomic E-state index is 13.3. The lowest BCUT2D eigenvalue weighted by atomic mass is 9.82. The summed E-state index contributed by atoms with van der Waals surface area (Å²) < 4.78 is 5.20. The number of rotatable bonds is 4. The molecule has 3 rings (SSSR count). The SMILES string of the molecule is CC(=O)Oc1cccc(C2C(C(=O)C(C)(C)C)=C(O)C(=O)N2c2cc(C)cc(C)c2)c1. The summed E-state index contributed by atoms with van der Waals surface area (Å²) in [7, 11) is 0. The van der Waals surface area contributed by atoms with E-state index < -0.39 is 29.1 Å². The minimum absolute atomic E-state index is 0.0386. The second kappa shape index (κ2) is 8.02. The summed E-state index contributed by atoms with van der Waals surface area (Å²) in [6.45, 7) is 10.4. The average Bonchev–Trinajstić information content (AvgIpc) is 2.90. The Morgan fingerprint density at radius 2 is 1.65 bits per heavy atom. The Balaban J connectivity index is 2.23. The molecule has 0 spiro atoms. The van der Waals surface area contributed by atoms with Gasteiger partial charge in [-0.2, -0.15) is 0 Å². The third-order valence-corrected chi connectivity index (χ3v) is 5.05. The second-order valence-corrected chi connectivity index (χ2v) is 8.93. The number of aryl methyl sites for hydroxylation is 2. The van der Waals surface area contributed by atoms with Gasteiger partial charge in [-0.15, -0.1) is 0 Å². The van der Waals surface area contributed by atoms with E-state index in [-0.39, 0.29) is 11.4 Å². The summed E-state index contributed by atoms with van der Waals surface area (Å²) in [6, 6.07) is 11.5. The first-order valence-corrected chi connectivity index (χ1v) is 10.1. The van der Waals surface area contributed by atoms with E-state index in [0.717, 1.165) is 11.1 Å². The lowest BCUT2D eigenvalue weighted by Crippen LogP contribution is -2.33. The van der Waals surface area contributed by atoms with Crippen LogP contribution < -0.4 is 9.64 Å². The molecule has 1 amide bonds. The number of aliphatic hydroxyl groups is 1. The Morgan fingerprint density at radius 1 is 1.03 bits per heavy atom. The molecule has 0 aromatic heterocycles. The molecule has 1 atom stereocenters. The van der Waals surface area contributed by atoms with E-state index in [2.05, 4.69) is 0 Å². The molecule has 0 fully saturated rings. The van der Waals surface area contributed by atoms with Crippen molar-refractivity contribution in [3.63, 3.8) is 0 Å². The lowest BCUT2D eigenvalue weighted by Gasteiger charge is -2.29. The van der Waals surface area contributed by atoms with Crippen LogP contribution in [0.5, 0.6) is 5.75 Å². The molecule has 0 bridgehead atoms. The van der Waals surface area contributed by atoms with E-state index in [9.17, 15) is 19.5 Å². The van der Waals surface area contributed by atoms with Gasteiger partial charge in [0.2, 0.25) is 0 Å². The zero-order valence-corrected chi connectivity index (χ0v) is 18.6. The van der Waals surface area contributed by atoms with Gasteiger partial charge >= 0.3 is 5.97 Å². The molecule has 0 saturated carbocycles. The predicted octanol–water partition coefficient (Wildman–Crippen LogP) is 4.74. The molecule has 0 saturated heterocycles. The molecular weight excluding hydrogens is 394 g/mol. The molecule has 31 heavy (non-hydrogen) atoms. The number of esters is 1. The first-order valence-electron chi connectivity index (χ1n) is 10.1. The lowest BCUT2D eigenvalue weighted by molar-refractivity contribution is -0.132. The number of hydrogen-bond acceptors (Lipinski definition) is 5. The number of carbonyl (C=O) groups excluding carboxylic acids is 3. The van der Waals surface area contributed by atoms with Crippen molar-refractivity contribution in [3.8, 4) is 5.75 Å². The summed E-state index contributed by atoms with van der Waals surface area (Å²) in [5.41, 5.74) is 2.26. The molecule has 0 radical (unpaired) electrons.